The third-order valence-electron chi connectivity index (χ3n) is 6.76. The minimum Gasteiger partial charge on any atom is -0.422 e. The van der Waals surface area contributed by atoms with Gasteiger partial charge in [-0.2, -0.15) is 4.31 Å². The summed E-state index contributed by atoms with van der Waals surface area (Å²) < 4.78 is 35.0. The lowest BCUT2D eigenvalue weighted by atomic mass is 9.87. The number of carbonyl (C=O) groups excluding carboxylic acids is 2. The van der Waals surface area contributed by atoms with Crippen molar-refractivity contribution < 1.29 is 22.7 Å². The molecule has 5 aromatic rings. The predicted molar refractivity (Wildman–Crippen MR) is 161 cm³/mol. The Kier molecular flexibility index (Phi) is 7.47. The maximum atomic E-state index is 14.2. The maximum absolute atomic E-state index is 14.2. The molecule has 0 aliphatic rings. The van der Waals surface area contributed by atoms with Gasteiger partial charge in [0.05, 0.1) is 16.1 Å². The standard InChI is InChI=1S/C34H29NO5S/c1-34(2,3)26-18-20-27(21-19-26)41(38,39)35(32(36)24-12-6-4-7-13-24)30-22-23-31(29-17-11-10-16-28(29)30)40-33(37)25-14-8-5-9-15-25/h4-23H,1-3H3. The van der Waals surface area contributed by atoms with Crippen molar-refractivity contribution in [2.75, 3.05) is 4.31 Å². The van der Waals surface area contributed by atoms with Crippen LogP contribution in [0.2, 0.25) is 0 Å². The van der Waals surface area contributed by atoms with Gasteiger partial charge in [0.15, 0.2) is 0 Å². The summed E-state index contributed by atoms with van der Waals surface area (Å²) in [4.78, 5) is 26.8. The van der Waals surface area contributed by atoms with Crippen molar-refractivity contribution in [2.45, 2.75) is 31.1 Å². The summed E-state index contributed by atoms with van der Waals surface area (Å²) in [5, 5.41) is 0.920. The van der Waals surface area contributed by atoms with E-state index in [1.807, 2.05) is 20.8 Å². The van der Waals surface area contributed by atoms with Crippen LogP contribution in [-0.4, -0.2) is 20.3 Å². The number of fused-ring (bicyclic) bond motifs is 1. The summed E-state index contributed by atoms with van der Waals surface area (Å²) in [7, 11) is -4.36. The first-order valence-corrected chi connectivity index (χ1v) is 14.6. The average Bonchev–Trinajstić information content (AvgIpc) is 2.98. The molecule has 5 rings (SSSR count). The second kappa shape index (κ2) is 11.0. The van der Waals surface area contributed by atoms with Gasteiger partial charge in [0.1, 0.15) is 5.75 Å². The summed E-state index contributed by atoms with van der Waals surface area (Å²) >= 11 is 0. The van der Waals surface area contributed by atoms with E-state index in [1.54, 1.807) is 97.1 Å². The first-order valence-electron chi connectivity index (χ1n) is 13.1. The summed E-state index contributed by atoms with van der Waals surface area (Å²) in [5.74, 6) is -1.01. The van der Waals surface area contributed by atoms with Crippen LogP contribution < -0.4 is 9.04 Å². The Morgan fingerprint density at radius 2 is 1.17 bits per heavy atom. The van der Waals surface area contributed by atoms with Crippen LogP contribution in [-0.2, 0) is 15.4 Å². The fourth-order valence-electron chi connectivity index (χ4n) is 4.53. The summed E-state index contributed by atoms with van der Waals surface area (Å²) in [5.41, 5.74) is 1.53. The van der Waals surface area contributed by atoms with Crippen LogP contribution >= 0.6 is 0 Å². The van der Waals surface area contributed by atoms with Crippen molar-refractivity contribution in [2.24, 2.45) is 0 Å². The Labute approximate surface area is 239 Å². The van der Waals surface area contributed by atoms with Gasteiger partial charge in [0.2, 0.25) is 0 Å². The molecule has 0 aliphatic carbocycles. The van der Waals surface area contributed by atoms with Gasteiger partial charge in [-0.25, -0.2) is 13.2 Å². The molecule has 1 amide bonds. The number of amides is 1. The minimum absolute atomic E-state index is 0.0153. The van der Waals surface area contributed by atoms with E-state index in [0.717, 1.165) is 9.87 Å². The highest BCUT2D eigenvalue weighted by Gasteiger charge is 2.34. The van der Waals surface area contributed by atoms with E-state index < -0.39 is 21.9 Å². The van der Waals surface area contributed by atoms with Gasteiger partial charge in [-0.15, -0.1) is 0 Å². The number of anilines is 1. The van der Waals surface area contributed by atoms with Crippen molar-refractivity contribution in [3.05, 3.63) is 138 Å². The SMILES string of the molecule is CC(C)(C)c1ccc(S(=O)(=O)N(C(=O)c2ccccc2)c2ccc(OC(=O)c3ccccc3)c3ccccc23)cc1. The number of benzene rings is 5. The molecule has 206 valence electrons. The van der Waals surface area contributed by atoms with E-state index >= 15 is 0 Å². The van der Waals surface area contributed by atoms with Crippen LogP contribution in [0.3, 0.4) is 0 Å². The molecule has 0 aliphatic heterocycles. The van der Waals surface area contributed by atoms with Gasteiger partial charge in [0.25, 0.3) is 15.9 Å². The molecule has 0 fully saturated rings. The van der Waals surface area contributed by atoms with E-state index in [9.17, 15) is 18.0 Å². The Morgan fingerprint density at radius 3 is 1.76 bits per heavy atom. The van der Waals surface area contributed by atoms with Gasteiger partial charge in [-0.3, -0.25) is 4.79 Å². The second-order valence-electron chi connectivity index (χ2n) is 10.6. The van der Waals surface area contributed by atoms with Crippen LogP contribution in [0.4, 0.5) is 5.69 Å². The molecule has 6 nitrogen and oxygen atoms in total. The fraction of sp³-hybridized carbons (Fsp3) is 0.118. The van der Waals surface area contributed by atoms with Crippen LogP contribution in [0.15, 0.2) is 126 Å². The molecule has 7 heteroatoms. The Balaban J connectivity index is 1.66. The van der Waals surface area contributed by atoms with Gasteiger partial charge in [-0.05, 0) is 59.5 Å². The first-order chi connectivity index (χ1) is 19.6. The molecule has 0 spiro atoms. The first kappa shape index (κ1) is 27.8. The number of rotatable bonds is 6. The van der Waals surface area contributed by atoms with Crippen molar-refractivity contribution in [3.8, 4) is 5.75 Å². The number of sulfonamides is 1. The van der Waals surface area contributed by atoms with Crippen molar-refractivity contribution in [3.63, 3.8) is 0 Å². The minimum atomic E-state index is -4.36. The zero-order chi connectivity index (χ0) is 29.2. The fourth-order valence-corrected chi connectivity index (χ4v) is 5.97. The summed E-state index contributed by atoms with van der Waals surface area (Å²) in [6, 6.07) is 33.4. The lowest BCUT2D eigenvalue weighted by Crippen LogP contribution is -2.37. The molecule has 0 unspecified atom stereocenters. The zero-order valence-electron chi connectivity index (χ0n) is 22.9. The average molecular weight is 564 g/mol. The van der Waals surface area contributed by atoms with Gasteiger partial charge in [0, 0.05) is 16.3 Å². The highest BCUT2D eigenvalue weighted by atomic mass is 32.2. The largest absolute Gasteiger partial charge is 0.422 e. The van der Waals surface area contributed by atoms with E-state index in [0.29, 0.717) is 16.3 Å². The number of ether oxygens (including phenoxy) is 1. The highest BCUT2D eigenvalue weighted by molar-refractivity contribution is 7.93. The van der Waals surface area contributed by atoms with Gasteiger partial charge >= 0.3 is 5.97 Å². The third-order valence-corrected chi connectivity index (χ3v) is 8.47. The molecular weight excluding hydrogens is 534 g/mol. The Bertz CT molecular complexity index is 1830. The number of esters is 1. The van der Waals surface area contributed by atoms with Crippen LogP contribution in [0.25, 0.3) is 10.8 Å². The molecule has 0 heterocycles. The normalized spacial score (nSPS) is 11.7. The number of hydrogen-bond acceptors (Lipinski definition) is 5. The van der Waals surface area contributed by atoms with E-state index in [2.05, 4.69) is 0 Å². The number of hydrogen-bond donors (Lipinski definition) is 0. The highest BCUT2D eigenvalue weighted by Crippen LogP contribution is 2.37. The molecule has 41 heavy (non-hydrogen) atoms. The van der Waals surface area contributed by atoms with E-state index in [-0.39, 0.29) is 27.3 Å². The Hall–Kier alpha value is -4.75. The molecule has 0 bridgehead atoms. The van der Waals surface area contributed by atoms with Crippen LogP contribution in [0.5, 0.6) is 5.75 Å². The van der Waals surface area contributed by atoms with Crippen molar-refractivity contribution >= 4 is 38.4 Å². The second-order valence-corrected chi connectivity index (χ2v) is 12.4. The van der Waals surface area contributed by atoms with Crippen LogP contribution in [0, 0.1) is 0 Å². The molecular formula is C34H29NO5S. The summed E-state index contributed by atoms with van der Waals surface area (Å²) in [6.45, 7) is 6.13. The molecule has 0 saturated heterocycles. The smallest absolute Gasteiger partial charge is 0.343 e. The van der Waals surface area contributed by atoms with Gasteiger partial charge < -0.3 is 4.74 Å². The molecule has 0 atom stereocenters. The molecule has 0 saturated carbocycles. The van der Waals surface area contributed by atoms with Crippen molar-refractivity contribution in [1.82, 2.24) is 0 Å². The van der Waals surface area contributed by atoms with Crippen LogP contribution in [0.1, 0.15) is 47.1 Å². The molecule has 0 N–H and O–H groups in total. The zero-order valence-corrected chi connectivity index (χ0v) is 23.8. The van der Waals surface area contributed by atoms with E-state index in [4.69, 9.17) is 4.74 Å². The predicted octanol–water partition coefficient (Wildman–Crippen LogP) is 7.39. The van der Waals surface area contributed by atoms with E-state index in [1.165, 1.54) is 24.3 Å². The molecule has 0 aromatic heterocycles. The molecule has 5 aromatic carbocycles. The lowest BCUT2D eigenvalue weighted by molar-refractivity contribution is 0.0736. The summed E-state index contributed by atoms with van der Waals surface area (Å²) in [6.07, 6.45) is 0. The lowest BCUT2D eigenvalue weighted by Gasteiger charge is -2.25. The number of carbonyl (C=O) groups is 2. The topological polar surface area (TPSA) is 80.8 Å². The van der Waals surface area contributed by atoms with Gasteiger partial charge in [-0.1, -0.05) is 93.6 Å². The third kappa shape index (κ3) is 5.62. The molecule has 0 radical (unpaired) electrons. The van der Waals surface area contributed by atoms with Crippen molar-refractivity contribution in [1.29, 1.82) is 0 Å². The number of nitrogens with zero attached hydrogens (tertiary/aromatic N) is 1. The maximum Gasteiger partial charge on any atom is 0.343 e. The monoisotopic (exact) mass is 563 g/mol. The Morgan fingerprint density at radius 1 is 0.634 bits per heavy atom. The quantitative estimate of drug-likeness (QED) is 0.159.